The van der Waals surface area contributed by atoms with Crippen LogP contribution in [0, 0.1) is 0 Å². The molecule has 1 saturated heterocycles. The zero-order valence-electron chi connectivity index (χ0n) is 13.4. The Balaban J connectivity index is 1.53. The number of carbonyl (C=O) groups is 2. The molecule has 0 radical (unpaired) electrons. The van der Waals surface area contributed by atoms with Crippen molar-refractivity contribution < 1.29 is 14.3 Å². The number of rotatable bonds is 4. The van der Waals surface area contributed by atoms with Crippen LogP contribution in [0.3, 0.4) is 0 Å². The van der Waals surface area contributed by atoms with E-state index in [1.54, 1.807) is 41.3 Å². The molecule has 0 bridgehead atoms. The Labute approximate surface area is 150 Å². The molecule has 0 spiro atoms. The quantitative estimate of drug-likeness (QED) is 0.881. The second-order valence-corrected chi connectivity index (χ2v) is 6.05. The van der Waals surface area contributed by atoms with Crippen LogP contribution in [-0.4, -0.2) is 37.7 Å². The number of ether oxygens (including phenoxy) is 1. The molecule has 2 N–H and O–H groups in total. The van der Waals surface area contributed by atoms with Crippen LogP contribution in [0.15, 0.2) is 54.6 Å². The van der Waals surface area contributed by atoms with Gasteiger partial charge in [0.1, 0.15) is 6.61 Å². The lowest BCUT2D eigenvalue weighted by Crippen LogP contribution is -2.51. The molecule has 1 aliphatic heterocycles. The summed E-state index contributed by atoms with van der Waals surface area (Å²) in [4.78, 5) is 25.6. The molecule has 0 aromatic heterocycles. The molecule has 1 atom stereocenters. The lowest BCUT2D eigenvalue weighted by molar-refractivity contribution is -0.129. The van der Waals surface area contributed by atoms with Crippen molar-refractivity contribution in [3.05, 3.63) is 59.6 Å². The molecule has 1 aliphatic rings. The number of hydrogen-bond acceptors (Lipinski definition) is 3. The topological polar surface area (TPSA) is 70.7 Å². The normalized spacial score (nSPS) is 17.2. The van der Waals surface area contributed by atoms with E-state index < -0.39 is 0 Å². The first-order chi connectivity index (χ1) is 12.1. The first-order valence-electron chi connectivity index (χ1n) is 7.89. The number of nitrogens with zero attached hydrogens (tertiary/aromatic N) is 1. The van der Waals surface area contributed by atoms with Gasteiger partial charge in [-0.25, -0.2) is 4.79 Å². The summed E-state index contributed by atoms with van der Waals surface area (Å²) < 4.78 is 5.51. The Morgan fingerprint density at radius 1 is 1.16 bits per heavy atom. The van der Waals surface area contributed by atoms with E-state index in [0.717, 1.165) is 5.69 Å². The molecular weight excluding hydrogens is 342 g/mol. The van der Waals surface area contributed by atoms with Crippen molar-refractivity contribution in [2.24, 2.45) is 0 Å². The molecule has 0 aliphatic carbocycles. The lowest BCUT2D eigenvalue weighted by Gasteiger charge is -2.32. The van der Waals surface area contributed by atoms with Crippen LogP contribution in [-0.2, 0) is 9.53 Å². The molecule has 1 fully saturated rings. The van der Waals surface area contributed by atoms with Gasteiger partial charge in [-0.3, -0.25) is 4.79 Å². The van der Waals surface area contributed by atoms with E-state index in [4.69, 9.17) is 16.3 Å². The molecule has 3 amide bonds. The minimum absolute atomic E-state index is 0.0186. The highest BCUT2D eigenvalue weighted by molar-refractivity contribution is 6.30. The second-order valence-electron chi connectivity index (χ2n) is 5.61. The van der Waals surface area contributed by atoms with Crippen molar-refractivity contribution in [2.75, 3.05) is 29.9 Å². The highest BCUT2D eigenvalue weighted by atomic mass is 35.5. The number of amides is 3. The van der Waals surface area contributed by atoms with Gasteiger partial charge in [0, 0.05) is 22.9 Å². The monoisotopic (exact) mass is 359 g/mol. The summed E-state index contributed by atoms with van der Waals surface area (Å²) in [6.07, 6.45) is -0.282. The average Bonchev–Trinajstić information content (AvgIpc) is 2.63. The smallest absolute Gasteiger partial charge is 0.319 e. The summed E-state index contributed by atoms with van der Waals surface area (Å²) in [5.74, 6) is -0.118. The minimum atomic E-state index is -0.315. The van der Waals surface area contributed by atoms with Crippen LogP contribution in [0.4, 0.5) is 16.2 Å². The Morgan fingerprint density at radius 2 is 1.88 bits per heavy atom. The van der Waals surface area contributed by atoms with Crippen molar-refractivity contribution in [1.82, 2.24) is 5.32 Å². The van der Waals surface area contributed by atoms with Crippen molar-refractivity contribution in [2.45, 2.75) is 6.10 Å². The van der Waals surface area contributed by atoms with Gasteiger partial charge in [0.15, 0.2) is 0 Å². The maximum absolute atomic E-state index is 12.1. The number of para-hydroxylation sites is 1. The molecular formula is C18H18ClN3O3. The van der Waals surface area contributed by atoms with E-state index in [0.29, 0.717) is 23.8 Å². The van der Waals surface area contributed by atoms with Crippen LogP contribution in [0.25, 0.3) is 0 Å². The number of nitrogens with one attached hydrogen (secondary N) is 2. The largest absolute Gasteiger partial charge is 0.365 e. The number of halogens is 1. The van der Waals surface area contributed by atoms with Crippen LogP contribution >= 0.6 is 11.6 Å². The van der Waals surface area contributed by atoms with E-state index in [9.17, 15) is 9.59 Å². The SMILES string of the molecule is O=C(NCC1CN(c2ccc(Cl)cc2)C(=O)CO1)Nc1ccccc1. The first-order valence-corrected chi connectivity index (χ1v) is 8.27. The number of hydrogen-bond donors (Lipinski definition) is 2. The lowest BCUT2D eigenvalue weighted by atomic mass is 10.2. The first kappa shape index (κ1) is 17.3. The number of carbonyl (C=O) groups excluding carboxylic acids is 2. The number of benzene rings is 2. The number of morpholine rings is 1. The maximum Gasteiger partial charge on any atom is 0.319 e. The Morgan fingerprint density at radius 3 is 2.60 bits per heavy atom. The van der Waals surface area contributed by atoms with Gasteiger partial charge in [-0.15, -0.1) is 0 Å². The molecule has 25 heavy (non-hydrogen) atoms. The Bertz CT molecular complexity index is 737. The molecule has 6 nitrogen and oxygen atoms in total. The summed E-state index contributed by atoms with van der Waals surface area (Å²) in [5, 5.41) is 6.11. The number of urea groups is 1. The Kier molecular flexibility index (Phi) is 5.53. The third-order valence-corrected chi connectivity index (χ3v) is 4.04. The molecule has 7 heteroatoms. The molecule has 2 aromatic rings. The third kappa shape index (κ3) is 4.71. The maximum atomic E-state index is 12.1. The van der Waals surface area contributed by atoms with E-state index in [2.05, 4.69) is 10.6 Å². The standard InChI is InChI=1S/C18H18ClN3O3/c19-13-6-8-15(9-7-13)22-11-16(25-12-17(22)23)10-20-18(24)21-14-4-2-1-3-5-14/h1-9,16H,10-12H2,(H2,20,21,24). The van der Waals surface area contributed by atoms with Crippen LogP contribution in [0.2, 0.25) is 5.02 Å². The van der Waals surface area contributed by atoms with Gasteiger partial charge in [-0.1, -0.05) is 29.8 Å². The highest BCUT2D eigenvalue weighted by Gasteiger charge is 2.27. The molecule has 1 heterocycles. The zero-order valence-corrected chi connectivity index (χ0v) is 14.2. The zero-order chi connectivity index (χ0) is 17.6. The average molecular weight is 360 g/mol. The van der Waals surface area contributed by atoms with E-state index in [1.807, 2.05) is 18.2 Å². The molecule has 0 saturated carbocycles. The van der Waals surface area contributed by atoms with Crippen LogP contribution in [0.1, 0.15) is 0 Å². The van der Waals surface area contributed by atoms with Gasteiger partial charge >= 0.3 is 6.03 Å². The summed E-state index contributed by atoms with van der Waals surface area (Å²) in [6.45, 7) is 0.650. The summed E-state index contributed by atoms with van der Waals surface area (Å²) in [7, 11) is 0. The summed E-state index contributed by atoms with van der Waals surface area (Å²) in [5.41, 5.74) is 1.47. The fraction of sp³-hybridized carbons (Fsp3) is 0.222. The second kappa shape index (κ2) is 8.00. The van der Waals surface area contributed by atoms with Crippen molar-refractivity contribution in [1.29, 1.82) is 0 Å². The highest BCUT2D eigenvalue weighted by Crippen LogP contribution is 2.21. The third-order valence-electron chi connectivity index (χ3n) is 3.79. The number of anilines is 2. The molecule has 2 aromatic carbocycles. The predicted octanol–water partition coefficient (Wildman–Crippen LogP) is 2.89. The van der Waals surface area contributed by atoms with Gasteiger partial charge in [0.2, 0.25) is 0 Å². The van der Waals surface area contributed by atoms with E-state index >= 15 is 0 Å². The fourth-order valence-electron chi connectivity index (χ4n) is 2.52. The van der Waals surface area contributed by atoms with Gasteiger partial charge in [0.25, 0.3) is 5.91 Å². The molecule has 3 rings (SSSR count). The van der Waals surface area contributed by atoms with Gasteiger partial charge in [0.05, 0.1) is 12.6 Å². The molecule has 1 unspecified atom stereocenters. The van der Waals surface area contributed by atoms with Gasteiger partial charge in [-0.2, -0.15) is 0 Å². The van der Waals surface area contributed by atoms with E-state index in [-0.39, 0.29) is 24.6 Å². The van der Waals surface area contributed by atoms with Crippen molar-refractivity contribution in [3.8, 4) is 0 Å². The van der Waals surface area contributed by atoms with E-state index in [1.165, 1.54) is 0 Å². The van der Waals surface area contributed by atoms with Crippen LogP contribution < -0.4 is 15.5 Å². The summed E-state index contributed by atoms with van der Waals surface area (Å²) >= 11 is 5.88. The van der Waals surface area contributed by atoms with Crippen molar-refractivity contribution >= 4 is 34.9 Å². The van der Waals surface area contributed by atoms with Gasteiger partial charge in [-0.05, 0) is 36.4 Å². The van der Waals surface area contributed by atoms with Gasteiger partial charge < -0.3 is 20.3 Å². The summed E-state index contributed by atoms with van der Waals surface area (Å²) in [6, 6.07) is 15.9. The minimum Gasteiger partial charge on any atom is -0.365 e. The fourth-order valence-corrected chi connectivity index (χ4v) is 2.65. The predicted molar refractivity (Wildman–Crippen MR) is 97.0 cm³/mol. The van der Waals surface area contributed by atoms with Crippen molar-refractivity contribution in [3.63, 3.8) is 0 Å². The molecule has 130 valence electrons. The van der Waals surface area contributed by atoms with Crippen LogP contribution in [0.5, 0.6) is 0 Å². The Hall–Kier alpha value is -2.57.